The molecule has 1 aromatic heterocycles. The lowest BCUT2D eigenvalue weighted by Gasteiger charge is -2.30. The van der Waals surface area contributed by atoms with E-state index in [1.165, 1.54) is 22.1 Å². The summed E-state index contributed by atoms with van der Waals surface area (Å²) in [5.41, 5.74) is 3.84. The maximum atomic E-state index is 14.7. The Labute approximate surface area is 281 Å². The van der Waals surface area contributed by atoms with E-state index in [1.807, 2.05) is 24.3 Å². The molecule has 0 atom stereocenters. The predicted molar refractivity (Wildman–Crippen MR) is 183 cm³/mol. The molecule has 48 heavy (non-hydrogen) atoms. The maximum Gasteiger partial charge on any atom is 0.420 e. The number of benzene rings is 2. The molecule has 0 radical (unpaired) electrons. The Morgan fingerprint density at radius 2 is 1.38 bits per heavy atom. The molecule has 0 N–H and O–H groups in total. The highest BCUT2D eigenvalue weighted by Gasteiger charge is 2.38. The van der Waals surface area contributed by atoms with Crippen molar-refractivity contribution in [3.8, 4) is 0 Å². The molecule has 3 heterocycles. The fourth-order valence-corrected chi connectivity index (χ4v) is 6.43. The van der Waals surface area contributed by atoms with E-state index in [-0.39, 0.29) is 24.9 Å². The van der Waals surface area contributed by atoms with E-state index in [2.05, 4.69) is 17.1 Å². The van der Waals surface area contributed by atoms with Crippen LogP contribution in [-0.4, -0.2) is 51.6 Å². The van der Waals surface area contributed by atoms with Crippen LogP contribution in [0.5, 0.6) is 0 Å². The van der Waals surface area contributed by atoms with Gasteiger partial charge in [-0.15, -0.1) is 0 Å². The van der Waals surface area contributed by atoms with Crippen LogP contribution in [0.2, 0.25) is 0 Å². The van der Waals surface area contributed by atoms with Crippen molar-refractivity contribution in [1.29, 1.82) is 0 Å². The number of rotatable bonds is 2. The van der Waals surface area contributed by atoms with Gasteiger partial charge in [-0.25, -0.2) is 24.4 Å². The Balaban J connectivity index is 1.42. The number of fused-ring (bicyclic) bond motifs is 3. The normalized spacial score (nSPS) is 16.7. The number of carbonyl (C=O) groups is 4. The second-order valence-corrected chi connectivity index (χ2v) is 14.5. The molecule has 0 fully saturated rings. The second kappa shape index (κ2) is 12.6. The number of amides is 4. The monoisotopic (exact) mass is 650 g/mol. The van der Waals surface area contributed by atoms with Crippen LogP contribution in [0.25, 0.3) is 5.57 Å². The molecule has 2 aromatic carbocycles. The third-order valence-corrected chi connectivity index (χ3v) is 8.63. The minimum absolute atomic E-state index is 0.0128. The van der Waals surface area contributed by atoms with Crippen molar-refractivity contribution in [3.63, 3.8) is 0 Å². The Kier molecular flexibility index (Phi) is 8.62. The topological polar surface area (TPSA) is 109 Å². The van der Waals surface area contributed by atoms with Gasteiger partial charge in [-0.05, 0) is 108 Å². The van der Waals surface area contributed by atoms with Crippen LogP contribution in [-0.2, 0) is 38.4 Å². The highest BCUT2D eigenvalue weighted by atomic mass is 16.6. The van der Waals surface area contributed by atoms with Crippen molar-refractivity contribution in [2.75, 3.05) is 16.3 Å². The standard InChI is InChI=1S/C38H42N4O6/c1-37(2,3)47-35(45)41-23-29(21-32(41)43)27-17-18-30-31(20-27)40(34(44)26-15-13-24-10-7-8-11-25(24)14-16-26)22-28-12-9-19-39-33(28)42(30)36(46)48-38(4,5)6/h7-12,17-21,26H,13-16,22-23H2,1-6H3. The van der Waals surface area contributed by atoms with Crippen LogP contribution in [0.4, 0.5) is 26.8 Å². The second-order valence-electron chi connectivity index (χ2n) is 14.5. The van der Waals surface area contributed by atoms with Gasteiger partial charge in [-0.2, -0.15) is 0 Å². The number of aromatic nitrogens is 1. The minimum atomic E-state index is -0.788. The van der Waals surface area contributed by atoms with E-state index in [4.69, 9.17) is 9.47 Å². The van der Waals surface area contributed by atoms with Gasteiger partial charge in [0, 0.05) is 23.8 Å². The number of pyridine rings is 1. The van der Waals surface area contributed by atoms with Gasteiger partial charge in [-0.3, -0.25) is 9.59 Å². The zero-order valence-electron chi connectivity index (χ0n) is 28.4. The Morgan fingerprint density at radius 3 is 2.02 bits per heavy atom. The van der Waals surface area contributed by atoms with Crippen molar-refractivity contribution in [3.05, 3.63) is 89.1 Å². The van der Waals surface area contributed by atoms with Gasteiger partial charge in [0.2, 0.25) is 5.91 Å². The zero-order valence-corrected chi connectivity index (χ0v) is 28.4. The van der Waals surface area contributed by atoms with Crippen molar-refractivity contribution in [2.45, 2.75) is 85.0 Å². The summed E-state index contributed by atoms with van der Waals surface area (Å²) in [4.78, 5) is 63.2. The molecule has 6 rings (SSSR count). The summed E-state index contributed by atoms with van der Waals surface area (Å²) >= 11 is 0. The average Bonchev–Trinajstić information content (AvgIpc) is 3.19. The van der Waals surface area contributed by atoms with Gasteiger partial charge >= 0.3 is 12.2 Å². The third kappa shape index (κ3) is 6.83. The molecule has 0 saturated heterocycles. The van der Waals surface area contributed by atoms with Crippen molar-refractivity contribution >= 4 is 46.8 Å². The third-order valence-electron chi connectivity index (χ3n) is 8.63. The first-order valence-corrected chi connectivity index (χ1v) is 16.4. The van der Waals surface area contributed by atoms with Crippen molar-refractivity contribution in [1.82, 2.24) is 9.88 Å². The number of anilines is 3. The number of aryl methyl sites for hydroxylation is 2. The van der Waals surface area contributed by atoms with Gasteiger partial charge in [0.15, 0.2) is 0 Å². The molecule has 3 aromatic rings. The van der Waals surface area contributed by atoms with Gasteiger partial charge in [0.25, 0.3) is 5.91 Å². The molecule has 0 unspecified atom stereocenters. The van der Waals surface area contributed by atoms with Crippen LogP contribution in [0.3, 0.4) is 0 Å². The predicted octanol–water partition coefficient (Wildman–Crippen LogP) is 7.36. The first-order valence-electron chi connectivity index (χ1n) is 16.4. The number of hydrogen-bond donors (Lipinski definition) is 0. The Bertz CT molecular complexity index is 1790. The SMILES string of the molecule is CC(C)(C)OC(=O)N1CC(c2ccc3c(c2)N(C(=O)C2CCc4ccccc4CC2)Cc2cccnc2N3C(=O)OC(C)(C)C)=CC1=O. The first-order chi connectivity index (χ1) is 22.7. The average molecular weight is 651 g/mol. The lowest BCUT2D eigenvalue weighted by Crippen LogP contribution is -2.38. The molecular formula is C38H42N4O6. The maximum absolute atomic E-state index is 14.7. The number of nitrogens with zero attached hydrogens (tertiary/aromatic N) is 4. The van der Waals surface area contributed by atoms with E-state index in [1.54, 1.807) is 70.8 Å². The molecule has 4 amide bonds. The molecule has 1 aliphatic carbocycles. The van der Waals surface area contributed by atoms with E-state index in [9.17, 15) is 19.2 Å². The summed E-state index contributed by atoms with van der Waals surface area (Å²) in [6, 6.07) is 17.4. The lowest BCUT2D eigenvalue weighted by molar-refractivity contribution is -0.124. The summed E-state index contributed by atoms with van der Waals surface area (Å²) in [5.74, 6) is -0.395. The number of hydrogen-bond acceptors (Lipinski definition) is 7. The quantitative estimate of drug-likeness (QED) is 0.267. The molecule has 0 saturated carbocycles. The van der Waals surface area contributed by atoms with Crippen LogP contribution >= 0.6 is 0 Å². The molecule has 0 spiro atoms. The first kappa shape index (κ1) is 32.9. The van der Waals surface area contributed by atoms with E-state index in [0.717, 1.165) is 17.7 Å². The van der Waals surface area contributed by atoms with Crippen molar-refractivity contribution < 1.29 is 28.7 Å². The van der Waals surface area contributed by atoms with Crippen LogP contribution in [0, 0.1) is 5.92 Å². The van der Waals surface area contributed by atoms with Gasteiger partial charge in [-0.1, -0.05) is 36.4 Å². The van der Waals surface area contributed by atoms with Crippen LogP contribution in [0.1, 0.15) is 76.6 Å². The Morgan fingerprint density at radius 1 is 0.750 bits per heavy atom. The molecule has 0 bridgehead atoms. The molecule has 250 valence electrons. The summed E-state index contributed by atoms with van der Waals surface area (Å²) in [6.07, 6.45) is 4.67. The van der Waals surface area contributed by atoms with Crippen LogP contribution < -0.4 is 9.80 Å². The number of carbonyl (C=O) groups excluding carboxylic acids is 4. The molecule has 2 aliphatic heterocycles. The van der Waals surface area contributed by atoms with E-state index in [0.29, 0.717) is 46.7 Å². The lowest BCUT2D eigenvalue weighted by atomic mass is 9.96. The smallest absolute Gasteiger partial charge is 0.420 e. The van der Waals surface area contributed by atoms with Gasteiger partial charge in [0.1, 0.15) is 17.0 Å². The fraction of sp³-hybridized carbons (Fsp3) is 0.395. The Hall–Kier alpha value is -4.99. The van der Waals surface area contributed by atoms with Gasteiger partial charge < -0.3 is 14.4 Å². The highest BCUT2D eigenvalue weighted by molar-refractivity contribution is 6.10. The van der Waals surface area contributed by atoms with E-state index < -0.39 is 29.3 Å². The summed E-state index contributed by atoms with van der Waals surface area (Å²) in [5, 5.41) is 0. The summed E-state index contributed by atoms with van der Waals surface area (Å²) in [7, 11) is 0. The van der Waals surface area contributed by atoms with Crippen molar-refractivity contribution in [2.24, 2.45) is 5.92 Å². The number of imide groups is 1. The molecular weight excluding hydrogens is 608 g/mol. The molecule has 10 heteroatoms. The molecule has 10 nitrogen and oxygen atoms in total. The molecule has 3 aliphatic rings. The van der Waals surface area contributed by atoms with E-state index >= 15 is 0 Å². The summed E-state index contributed by atoms with van der Waals surface area (Å²) < 4.78 is 11.3. The van der Waals surface area contributed by atoms with Crippen LogP contribution in [0.15, 0.2) is 66.9 Å². The van der Waals surface area contributed by atoms with Gasteiger partial charge in [0.05, 0.1) is 24.5 Å². The summed E-state index contributed by atoms with van der Waals surface area (Å²) in [6.45, 7) is 10.8. The minimum Gasteiger partial charge on any atom is -0.443 e. The number of ether oxygens (including phenoxy) is 2. The largest absolute Gasteiger partial charge is 0.443 e. The fourth-order valence-electron chi connectivity index (χ4n) is 6.43. The zero-order chi connectivity index (χ0) is 34.4. The highest BCUT2D eigenvalue weighted by Crippen LogP contribution is 2.43.